The van der Waals surface area contributed by atoms with Crippen molar-refractivity contribution in [1.82, 2.24) is 5.32 Å². The van der Waals surface area contributed by atoms with Gasteiger partial charge in [-0.15, -0.1) is 0 Å². The predicted molar refractivity (Wildman–Crippen MR) is 78.0 cm³/mol. The summed E-state index contributed by atoms with van der Waals surface area (Å²) in [7, 11) is 0. The number of nitrogens with one attached hydrogen (secondary N) is 2. The van der Waals surface area contributed by atoms with Crippen LogP contribution in [-0.4, -0.2) is 30.5 Å². The van der Waals surface area contributed by atoms with Crippen molar-refractivity contribution in [3.8, 4) is 5.75 Å². The maximum atomic E-state index is 11.4. The minimum absolute atomic E-state index is 0.0404. The Morgan fingerprint density at radius 3 is 2.95 bits per heavy atom. The minimum atomic E-state index is -0.465. The van der Waals surface area contributed by atoms with Crippen LogP contribution in [-0.2, 0) is 16.0 Å². The third-order valence-electron chi connectivity index (χ3n) is 3.75. The van der Waals surface area contributed by atoms with Gasteiger partial charge in [-0.3, -0.25) is 9.59 Å². The number of fused-ring (bicyclic) bond motifs is 1. The molecule has 1 heterocycles. The number of primary amides is 1. The zero-order valence-corrected chi connectivity index (χ0v) is 11.7. The maximum absolute atomic E-state index is 11.4. The van der Waals surface area contributed by atoms with Crippen LogP contribution in [0.1, 0.15) is 24.8 Å². The van der Waals surface area contributed by atoms with Crippen LogP contribution in [0.4, 0.5) is 5.69 Å². The molecule has 6 heteroatoms. The smallest absolute Gasteiger partial charge is 0.238 e. The largest absolute Gasteiger partial charge is 0.491 e. The van der Waals surface area contributed by atoms with Crippen LogP contribution < -0.4 is 21.1 Å². The normalized spacial score (nSPS) is 18.6. The summed E-state index contributed by atoms with van der Waals surface area (Å²) >= 11 is 0. The number of hydrogen-bond donors (Lipinski definition) is 3. The molecule has 6 nitrogen and oxygen atoms in total. The molecule has 0 saturated heterocycles. The van der Waals surface area contributed by atoms with E-state index < -0.39 is 11.9 Å². The first-order valence-corrected chi connectivity index (χ1v) is 7.23. The van der Waals surface area contributed by atoms with Gasteiger partial charge < -0.3 is 21.1 Å². The number of ether oxygens (including phenoxy) is 1. The molecule has 0 bridgehead atoms. The van der Waals surface area contributed by atoms with Gasteiger partial charge in [-0.2, -0.15) is 0 Å². The zero-order valence-electron chi connectivity index (χ0n) is 11.7. The van der Waals surface area contributed by atoms with E-state index in [1.54, 1.807) is 6.07 Å². The lowest BCUT2D eigenvalue weighted by Gasteiger charge is -2.19. The van der Waals surface area contributed by atoms with E-state index in [0.717, 1.165) is 24.1 Å². The van der Waals surface area contributed by atoms with Crippen LogP contribution >= 0.6 is 0 Å². The summed E-state index contributed by atoms with van der Waals surface area (Å²) in [4.78, 5) is 22.7. The number of rotatable bonds is 6. The molecular formula is C15H19N3O3. The highest BCUT2D eigenvalue weighted by molar-refractivity contribution is 5.94. The van der Waals surface area contributed by atoms with Crippen LogP contribution in [0.5, 0.6) is 5.75 Å². The van der Waals surface area contributed by atoms with E-state index in [4.69, 9.17) is 10.5 Å². The Kier molecular flexibility index (Phi) is 3.79. The summed E-state index contributed by atoms with van der Waals surface area (Å²) in [5, 5.41) is 6.00. The fourth-order valence-electron chi connectivity index (χ4n) is 2.38. The van der Waals surface area contributed by atoms with Gasteiger partial charge in [-0.05, 0) is 43.0 Å². The quantitative estimate of drug-likeness (QED) is 0.713. The molecule has 1 aliphatic carbocycles. The first kappa shape index (κ1) is 13.9. The van der Waals surface area contributed by atoms with Crippen molar-refractivity contribution in [2.45, 2.75) is 37.8 Å². The number of amides is 2. The average molecular weight is 289 g/mol. The number of aryl methyl sites for hydroxylation is 1. The molecule has 0 spiro atoms. The lowest BCUT2D eigenvalue weighted by molar-refractivity contribution is -0.120. The van der Waals surface area contributed by atoms with Crippen LogP contribution in [0, 0.1) is 0 Å². The van der Waals surface area contributed by atoms with Gasteiger partial charge in [-0.25, -0.2) is 0 Å². The van der Waals surface area contributed by atoms with E-state index in [1.165, 1.54) is 0 Å². The Labute approximate surface area is 123 Å². The van der Waals surface area contributed by atoms with Gasteiger partial charge in [0.15, 0.2) is 0 Å². The molecule has 1 atom stereocenters. The van der Waals surface area contributed by atoms with E-state index in [-0.39, 0.29) is 12.5 Å². The second-order valence-corrected chi connectivity index (χ2v) is 5.57. The summed E-state index contributed by atoms with van der Waals surface area (Å²) in [6.45, 7) is 0.219. The van der Waals surface area contributed by atoms with Crippen molar-refractivity contribution in [3.63, 3.8) is 0 Å². The third-order valence-corrected chi connectivity index (χ3v) is 3.75. The van der Waals surface area contributed by atoms with Gasteiger partial charge in [0, 0.05) is 18.2 Å². The summed E-state index contributed by atoms with van der Waals surface area (Å²) in [5.41, 5.74) is 7.26. The average Bonchev–Trinajstić information content (AvgIpc) is 3.27. The molecule has 1 aliphatic heterocycles. The van der Waals surface area contributed by atoms with E-state index in [2.05, 4.69) is 10.6 Å². The molecular weight excluding hydrogens is 270 g/mol. The number of nitrogens with two attached hydrogens (primary N) is 1. The fourth-order valence-corrected chi connectivity index (χ4v) is 2.38. The van der Waals surface area contributed by atoms with Crippen molar-refractivity contribution < 1.29 is 14.3 Å². The molecule has 2 amide bonds. The zero-order chi connectivity index (χ0) is 14.8. The highest BCUT2D eigenvalue weighted by Gasteiger charge is 2.27. The van der Waals surface area contributed by atoms with E-state index >= 15 is 0 Å². The summed E-state index contributed by atoms with van der Waals surface area (Å²) in [6, 6.07) is 5.46. The van der Waals surface area contributed by atoms with Crippen molar-refractivity contribution >= 4 is 17.5 Å². The Morgan fingerprint density at radius 1 is 1.43 bits per heavy atom. The molecule has 21 heavy (non-hydrogen) atoms. The second kappa shape index (κ2) is 5.73. The molecule has 1 aromatic rings. The van der Waals surface area contributed by atoms with Crippen molar-refractivity contribution in [2.24, 2.45) is 5.73 Å². The van der Waals surface area contributed by atoms with E-state index in [0.29, 0.717) is 24.6 Å². The Morgan fingerprint density at radius 2 is 2.24 bits per heavy atom. The van der Waals surface area contributed by atoms with Crippen LogP contribution in [0.25, 0.3) is 0 Å². The molecule has 2 aliphatic rings. The van der Waals surface area contributed by atoms with Crippen LogP contribution in [0.2, 0.25) is 0 Å². The van der Waals surface area contributed by atoms with E-state index in [9.17, 15) is 9.59 Å². The van der Waals surface area contributed by atoms with Crippen molar-refractivity contribution in [3.05, 3.63) is 23.8 Å². The maximum Gasteiger partial charge on any atom is 0.238 e. The molecule has 1 aromatic carbocycles. The third kappa shape index (κ3) is 3.52. The first-order valence-electron chi connectivity index (χ1n) is 7.23. The summed E-state index contributed by atoms with van der Waals surface area (Å²) in [6.07, 6.45) is 3.37. The van der Waals surface area contributed by atoms with E-state index in [1.807, 2.05) is 12.1 Å². The lowest BCUT2D eigenvalue weighted by Crippen LogP contribution is -2.46. The molecule has 0 radical (unpaired) electrons. The second-order valence-electron chi connectivity index (χ2n) is 5.57. The Bertz CT molecular complexity index is 569. The van der Waals surface area contributed by atoms with Gasteiger partial charge in [0.1, 0.15) is 18.4 Å². The SMILES string of the molecule is NC(=O)C(COc1ccc2c(c1)CCC(=O)N2)NC1CC1. The van der Waals surface area contributed by atoms with Gasteiger partial charge in [0.25, 0.3) is 0 Å². The highest BCUT2D eigenvalue weighted by atomic mass is 16.5. The molecule has 1 fully saturated rings. The van der Waals surface area contributed by atoms with Crippen molar-refractivity contribution in [2.75, 3.05) is 11.9 Å². The van der Waals surface area contributed by atoms with Gasteiger partial charge in [0.05, 0.1) is 0 Å². The number of carbonyl (C=O) groups excluding carboxylic acids is 2. The van der Waals surface area contributed by atoms with Gasteiger partial charge >= 0.3 is 0 Å². The molecule has 0 aromatic heterocycles. The summed E-state index contributed by atoms with van der Waals surface area (Å²) < 4.78 is 5.67. The summed E-state index contributed by atoms with van der Waals surface area (Å²) in [5.74, 6) is 0.333. The minimum Gasteiger partial charge on any atom is -0.491 e. The topological polar surface area (TPSA) is 93.5 Å². The Hall–Kier alpha value is -2.08. The highest BCUT2D eigenvalue weighted by Crippen LogP contribution is 2.27. The first-order chi connectivity index (χ1) is 10.1. The molecule has 3 rings (SSSR count). The van der Waals surface area contributed by atoms with Crippen molar-refractivity contribution in [1.29, 1.82) is 0 Å². The number of anilines is 1. The van der Waals surface area contributed by atoms with Crippen LogP contribution in [0.15, 0.2) is 18.2 Å². The Balaban J connectivity index is 1.61. The molecule has 1 unspecified atom stereocenters. The number of carbonyl (C=O) groups is 2. The molecule has 112 valence electrons. The predicted octanol–water partition coefficient (Wildman–Crippen LogP) is 0.556. The monoisotopic (exact) mass is 289 g/mol. The standard InChI is InChI=1S/C15H19N3O3/c16-15(20)13(17-10-2-3-10)8-21-11-4-5-12-9(7-11)1-6-14(19)18-12/h4-5,7,10,13,17H,1-3,6,8H2,(H2,16,20)(H,18,19). The molecule has 1 saturated carbocycles. The lowest BCUT2D eigenvalue weighted by atomic mass is 10.0. The number of benzene rings is 1. The molecule has 4 N–H and O–H groups in total. The van der Waals surface area contributed by atoms with Gasteiger partial charge in [0.2, 0.25) is 11.8 Å². The fraction of sp³-hybridized carbons (Fsp3) is 0.467. The van der Waals surface area contributed by atoms with Gasteiger partial charge in [-0.1, -0.05) is 0 Å². The number of hydrogen-bond acceptors (Lipinski definition) is 4. The van der Waals surface area contributed by atoms with Crippen LogP contribution in [0.3, 0.4) is 0 Å².